The van der Waals surface area contributed by atoms with Gasteiger partial charge in [-0.2, -0.15) is 0 Å². The Morgan fingerprint density at radius 2 is 2.00 bits per heavy atom. The van der Waals surface area contributed by atoms with Crippen molar-refractivity contribution in [3.63, 3.8) is 0 Å². The van der Waals surface area contributed by atoms with E-state index in [1.54, 1.807) is 0 Å². The molecular formula is C14H24O2. The van der Waals surface area contributed by atoms with E-state index in [1.165, 1.54) is 12.8 Å². The van der Waals surface area contributed by atoms with E-state index >= 15 is 0 Å². The summed E-state index contributed by atoms with van der Waals surface area (Å²) in [6.07, 6.45) is 5.27. The van der Waals surface area contributed by atoms with Crippen LogP contribution >= 0.6 is 0 Å². The lowest BCUT2D eigenvalue weighted by Gasteiger charge is -2.56. The zero-order valence-electron chi connectivity index (χ0n) is 10.8. The van der Waals surface area contributed by atoms with E-state index in [0.29, 0.717) is 23.5 Å². The predicted molar refractivity (Wildman–Crippen MR) is 64.0 cm³/mol. The molecule has 2 rings (SSSR count). The summed E-state index contributed by atoms with van der Waals surface area (Å²) in [7, 11) is 0. The molecule has 92 valence electrons. The van der Waals surface area contributed by atoms with E-state index in [-0.39, 0.29) is 17.9 Å². The summed E-state index contributed by atoms with van der Waals surface area (Å²) in [5.41, 5.74) is 0.382. The summed E-state index contributed by atoms with van der Waals surface area (Å²) in [6.45, 7) is 6.94. The van der Waals surface area contributed by atoms with Crippen molar-refractivity contribution in [2.24, 2.45) is 22.7 Å². The Bertz CT molecular complexity index is 295. The molecule has 2 saturated carbocycles. The smallest absolute Gasteiger partial charge is 0.138 e. The molecule has 0 amide bonds. The zero-order valence-corrected chi connectivity index (χ0v) is 10.8. The molecule has 2 aliphatic rings. The maximum atomic E-state index is 11.9. The van der Waals surface area contributed by atoms with Gasteiger partial charge < -0.3 is 5.11 Å². The monoisotopic (exact) mass is 224 g/mol. The van der Waals surface area contributed by atoms with Crippen LogP contribution in [0.5, 0.6) is 0 Å². The number of aliphatic hydroxyl groups excluding tert-OH is 1. The molecule has 2 heteroatoms. The molecule has 2 fully saturated rings. The second-order valence-corrected chi connectivity index (χ2v) is 6.64. The molecule has 0 saturated heterocycles. The minimum absolute atomic E-state index is 0.0436. The third kappa shape index (κ3) is 1.62. The summed E-state index contributed by atoms with van der Waals surface area (Å²) < 4.78 is 0. The first-order valence-electron chi connectivity index (χ1n) is 6.55. The summed E-state index contributed by atoms with van der Waals surface area (Å²) in [5.74, 6) is 0.786. The van der Waals surface area contributed by atoms with Crippen LogP contribution in [0.1, 0.15) is 52.9 Å². The predicted octanol–water partition coefficient (Wildman–Crippen LogP) is 2.79. The SMILES string of the molecule is CC1(C)CCC[C@@]2(C)[C@H](CO)C(=O)CC[C@H]12. The molecule has 3 atom stereocenters. The molecule has 0 aromatic rings. The van der Waals surface area contributed by atoms with Crippen LogP contribution in [0, 0.1) is 22.7 Å². The number of hydrogen-bond acceptors (Lipinski definition) is 2. The van der Waals surface area contributed by atoms with Crippen molar-refractivity contribution >= 4 is 5.78 Å². The van der Waals surface area contributed by atoms with Crippen LogP contribution in [0.3, 0.4) is 0 Å². The fourth-order valence-electron chi connectivity index (χ4n) is 4.44. The van der Waals surface area contributed by atoms with E-state index in [9.17, 15) is 9.90 Å². The first-order valence-corrected chi connectivity index (χ1v) is 6.55. The van der Waals surface area contributed by atoms with Gasteiger partial charge in [-0.3, -0.25) is 4.79 Å². The second-order valence-electron chi connectivity index (χ2n) is 6.64. The number of ketones is 1. The summed E-state index contributed by atoms with van der Waals surface area (Å²) >= 11 is 0. The molecule has 2 nitrogen and oxygen atoms in total. The average Bonchev–Trinajstić information content (AvgIpc) is 2.15. The van der Waals surface area contributed by atoms with Gasteiger partial charge >= 0.3 is 0 Å². The van der Waals surface area contributed by atoms with Crippen LogP contribution in [0.25, 0.3) is 0 Å². The van der Waals surface area contributed by atoms with Crippen molar-refractivity contribution < 1.29 is 9.90 Å². The topological polar surface area (TPSA) is 37.3 Å². The van der Waals surface area contributed by atoms with E-state index in [1.807, 2.05) is 0 Å². The van der Waals surface area contributed by atoms with Crippen LogP contribution in [-0.4, -0.2) is 17.5 Å². The standard InChI is InChI=1S/C14H24O2/c1-13(2)7-4-8-14(3)10(9-15)11(16)5-6-12(13)14/h10,12,15H,4-9H2,1-3H3/t10-,12-,14+/m1/s1. The fourth-order valence-corrected chi connectivity index (χ4v) is 4.44. The van der Waals surface area contributed by atoms with Crippen LogP contribution in [0.2, 0.25) is 0 Å². The molecule has 0 aromatic carbocycles. The number of Topliss-reactive ketones (excluding diaryl/α,β-unsaturated/α-hetero) is 1. The van der Waals surface area contributed by atoms with Gasteiger partial charge in [0.2, 0.25) is 0 Å². The van der Waals surface area contributed by atoms with Gasteiger partial charge in [-0.1, -0.05) is 27.2 Å². The Hall–Kier alpha value is -0.370. The number of fused-ring (bicyclic) bond motifs is 1. The molecule has 0 radical (unpaired) electrons. The molecule has 0 aromatic heterocycles. The number of rotatable bonds is 1. The molecule has 0 unspecified atom stereocenters. The van der Waals surface area contributed by atoms with Crippen LogP contribution in [-0.2, 0) is 4.79 Å². The summed E-state index contributed by atoms with van der Waals surface area (Å²) in [5, 5.41) is 9.51. The van der Waals surface area contributed by atoms with Crippen molar-refractivity contribution in [1.82, 2.24) is 0 Å². The largest absolute Gasteiger partial charge is 0.396 e. The fraction of sp³-hybridized carbons (Fsp3) is 0.929. The zero-order chi connectivity index (χ0) is 12.0. The minimum Gasteiger partial charge on any atom is -0.396 e. The molecule has 0 aliphatic heterocycles. The summed E-state index contributed by atoms with van der Waals surface area (Å²) in [6, 6.07) is 0. The Kier molecular flexibility index (Phi) is 2.90. The van der Waals surface area contributed by atoms with Gasteiger partial charge in [0.25, 0.3) is 0 Å². The Morgan fingerprint density at radius 1 is 1.31 bits per heavy atom. The van der Waals surface area contributed by atoms with Gasteiger partial charge in [-0.25, -0.2) is 0 Å². The van der Waals surface area contributed by atoms with Gasteiger partial charge in [0.1, 0.15) is 5.78 Å². The maximum absolute atomic E-state index is 11.9. The third-order valence-electron chi connectivity index (χ3n) is 5.32. The second kappa shape index (κ2) is 3.83. The van der Waals surface area contributed by atoms with E-state index in [2.05, 4.69) is 20.8 Å². The van der Waals surface area contributed by atoms with E-state index in [4.69, 9.17) is 0 Å². The lowest BCUT2D eigenvalue weighted by molar-refractivity contribution is -0.146. The number of hydrogen-bond donors (Lipinski definition) is 1. The average molecular weight is 224 g/mol. The van der Waals surface area contributed by atoms with E-state index < -0.39 is 0 Å². The molecule has 2 aliphatic carbocycles. The molecule has 1 N–H and O–H groups in total. The van der Waals surface area contributed by atoms with Crippen molar-refractivity contribution in [3.8, 4) is 0 Å². The highest BCUT2D eigenvalue weighted by Crippen LogP contribution is 2.58. The first-order chi connectivity index (χ1) is 7.42. The molecule has 0 heterocycles. The highest BCUT2D eigenvalue weighted by Gasteiger charge is 2.54. The van der Waals surface area contributed by atoms with Crippen molar-refractivity contribution in [2.75, 3.05) is 6.61 Å². The first kappa shape index (κ1) is 12.1. The van der Waals surface area contributed by atoms with Gasteiger partial charge in [-0.15, -0.1) is 0 Å². The molecular weight excluding hydrogens is 200 g/mol. The Balaban J connectivity index is 2.34. The molecule has 16 heavy (non-hydrogen) atoms. The molecule has 0 spiro atoms. The normalized spacial score (nSPS) is 42.9. The van der Waals surface area contributed by atoms with Gasteiger partial charge in [0.15, 0.2) is 0 Å². The number of aliphatic hydroxyl groups is 1. The lowest BCUT2D eigenvalue weighted by atomic mass is 9.48. The maximum Gasteiger partial charge on any atom is 0.138 e. The van der Waals surface area contributed by atoms with Crippen LogP contribution < -0.4 is 0 Å². The number of carbonyl (C=O) groups excluding carboxylic acids is 1. The van der Waals surface area contributed by atoms with Crippen molar-refractivity contribution in [1.29, 1.82) is 0 Å². The quantitative estimate of drug-likeness (QED) is 0.743. The van der Waals surface area contributed by atoms with Crippen molar-refractivity contribution in [3.05, 3.63) is 0 Å². The molecule has 0 bridgehead atoms. The number of carbonyl (C=O) groups is 1. The van der Waals surface area contributed by atoms with Crippen LogP contribution in [0.4, 0.5) is 0 Å². The third-order valence-corrected chi connectivity index (χ3v) is 5.32. The van der Waals surface area contributed by atoms with Gasteiger partial charge in [0.05, 0.1) is 6.61 Å². The van der Waals surface area contributed by atoms with Crippen LogP contribution in [0.15, 0.2) is 0 Å². The van der Waals surface area contributed by atoms with Crippen molar-refractivity contribution in [2.45, 2.75) is 52.9 Å². The Labute approximate surface area is 98.4 Å². The van der Waals surface area contributed by atoms with E-state index in [0.717, 1.165) is 12.8 Å². The highest BCUT2D eigenvalue weighted by molar-refractivity contribution is 5.83. The van der Waals surface area contributed by atoms with Gasteiger partial charge in [-0.05, 0) is 36.0 Å². The Morgan fingerprint density at radius 3 is 2.62 bits per heavy atom. The van der Waals surface area contributed by atoms with Gasteiger partial charge in [0, 0.05) is 12.3 Å². The highest BCUT2D eigenvalue weighted by atomic mass is 16.3. The lowest BCUT2D eigenvalue weighted by Crippen LogP contribution is -2.52. The summed E-state index contributed by atoms with van der Waals surface area (Å²) in [4.78, 5) is 11.9. The minimum atomic E-state index is -0.106.